The maximum atomic E-state index is 12.6. The Kier molecular flexibility index (Phi) is 8.44. The van der Waals surface area contributed by atoms with Crippen LogP contribution < -0.4 is 10.6 Å². The number of rotatable bonds is 7. The zero-order chi connectivity index (χ0) is 24.3. The molecule has 0 spiro atoms. The van der Waals surface area contributed by atoms with Crippen LogP contribution in [0.2, 0.25) is 10.0 Å². The van der Waals surface area contributed by atoms with Crippen LogP contribution in [0.15, 0.2) is 40.0 Å². The molecule has 2 N–H and O–H groups in total. The van der Waals surface area contributed by atoms with E-state index in [2.05, 4.69) is 36.8 Å². The largest absolute Gasteiger partial charge is 0.342 e. The van der Waals surface area contributed by atoms with Crippen molar-refractivity contribution in [2.75, 3.05) is 11.1 Å². The molecule has 0 saturated heterocycles. The van der Waals surface area contributed by atoms with Crippen LogP contribution in [0.1, 0.15) is 40.3 Å². The number of thioether (sulfide) groups is 1. The number of nitrogens with zero attached hydrogens (tertiary/aromatic N) is 3. The first-order chi connectivity index (χ1) is 15.6. The minimum absolute atomic E-state index is 0.159. The van der Waals surface area contributed by atoms with E-state index in [4.69, 9.17) is 23.2 Å². The normalized spacial score (nSPS) is 11.8. The first-order valence-electron chi connectivity index (χ1n) is 9.91. The molecule has 3 aromatic rings. The monoisotopic (exact) mass is 569 g/mol. The lowest BCUT2D eigenvalue weighted by Gasteiger charge is -2.14. The van der Waals surface area contributed by atoms with E-state index >= 15 is 0 Å². The summed E-state index contributed by atoms with van der Waals surface area (Å²) in [7, 11) is 1.79. The van der Waals surface area contributed by atoms with E-state index in [1.54, 1.807) is 30.7 Å². The van der Waals surface area contributed by atoms with E-state index in [1.807, 2.05) is 26.0 Å². The molecule has 11 heteroatoms. The van der Waals surface area contributed by atoms with E-state index in [0.717, 1.165) is 21.3 Å². The summed E-state index contributed by atoms with van der Waals surface area (Å²) in [5.41, 5.74) is 3.27. The molecular weight excluding hydrogens is 549 g/mol. The standard InChI is InChI=1S/C22H22BrCl2N5O2S/c1-11-7-16(23)18(8-12(11)2)27-19(31)10-33-22-29-28-20(30(22)4)13(3)26-21(32)15-6-5-14(24)9-17(15)25/h5-9,13H,10H2,1-4H3,(H,26,32)(H,27,31)/t13-/m1/s1. The number of hydrogen-bond donors (Lipinski definition) is 2. The topological polar surface area (TPSA) is 88.9 Å². The van der Waals surface area contributed by atoms with Gasteiger partial charge in [0.15, 0.2) is 11.0 Å². The van der Waals surface area contributed by atoms with E-state index in [-0.39, 0.29) is 22.6 Å². The number of carbonyl (C=O) groups is 2. The van der Waals surface area contributed by atoms with Crippen molar-refractivity contribution in [2.45, 2.75) is 32.0 Å². The fourth-order valence-electron chi connectivity index (χ4n) is 3.03. The smallest absolute Gasteiger partial charge is 0.253 e. The third-order valence-electron chi connectivity index (χ3n) is 4.97. The van der Waals surface area contributed by atoms with E-state index in [0.29, 0.717) is 21.6 Å². The summed E-state index contributed by atoms with van der Waals surface area (Å²) in [5.74, 6) is 0.201. The minimum Gasteiger partial charge on any atom is -0.342 e. The highest BCUT2D eigenvalue weighted by molar-refractivity contribution is 9.10. The van der Waals surface area contributed by atoms with Gasteiger partial charge in [0.25, 0.3) is 5.91 Å². The van der Waals surface area contributed by atoms with E-state index in [9.17, 15) is 9.59 Å². The van der Waals surface area contributed by atoms with Gasteiger partial charge in [0.2, 0.25) is 5.91 Å². The van der Waals surface area contributed by atoms with Crippen molar-refractivity contribution in [1.82, 2.24) is 20.1 Å². The predicted molar refractivity (Wildman–Crippen MR) is 136 cm³/mol. The highest BCUT2D eigenvalue weighted by Gasteiger charge is 2.20. The average Bonchev–Trinajstić information content (AvgIpc) is 3.10. The van der Waals surface area contributed by atoms with Crippen LogP contribution in [0.4, 0.5) is 5.69 Å². The van der Waals surface area contributed by atoms with Gasteiger partial charge in [0, 0.05) is 16.5 Å². The molecule has 1 heterocycles. The Morgan fingerprint density at radius 1 is 1.15 bits per heavy atom. The van der Waals surface area contributed by atoms with Crippen LogP contribution in [0.5, 0.6) is 0 Å². The Hall–Kier alpha value is -2.07. The fourth-order valence-corrected chi connectivity index (χ4v) is 4.80. The van der Waals surface area contributed by atoms with Crippen molar-refractivity contribution in [3.63, 3.8) is 0 Å². The zero-order valence-electron chi connectivity index (χ0n) is 18.4. The lowest BCUT2D eigenvalue weighted by Crippen LogP contribution is -2.28. The Balaban J connectivity index is 1.61. The molecular formula is C22H22BrCl2N5O2S. The van der Waals surface area contributed by atoms with Gasteiger partial charge in [-0.15, -0.1) is 10.2 Å². The molecule has 1 aromatic heterocycles. The molecule has 2 amide bonds. The molecule has 1 atom stereocenters. The van der Waals surface area contributed by atoms with E-state index < -0.39 is 6.04 Å². The van der Waals surface area contributed by atoms with Crippen LogP contribution in [-0.2, 0) is 11.8 Å². The maximum Gasteiger partial charge on any atom is 0.253 e. The molecule has 174 valence electrons. The second kappa shape index (κ2) is 10.9. The number of aryl methyl sites for hydroxylation is 2. The molecule has 0 unspecified atom stereocenters. The third kappa shape index (κ3) is 6.29. The summed E-state index contributed by atoms with van der Waals surface area (Å²) in [5, 5.41) is 15.4. The summed E-state index contributed by atoms with van der Waals surface area (Å²) in [6.45, 7) is 5.80. The molecule has 0 saturated carbocycles. The second-order valence-electron chi connectivity index (χ2n) is 7.47. The Bertz CT molecular complexity index is 1220. The highest BCUT2D eigenvalue weighted by Crippen LogP contribution is 2.27. The zero-order valence-corrected chi connectivity index (χ0v) is 22.3. The minimum atomic E-state index is -0.434. The molecule has 0 aliphatic rings. The first kappa shape index (κ1) is 25.6. The first-order valence-corrected chi connectivity index (χ1v) is 12.4. The summed E-state index contributed by atoms with van der Waals surface area (Å²) >= 11 is 16.8. The van der Waals surface area contributed by atoms with Crippen molar-refractivity contribution < 1.29 is 9.59 Å². The summed E-state index contributed by atoms with van der Waals surface area (Å²) < 4.78 is 2.58. The molecule has 0 aliphatic carbocycles. The van der Waals surface area contributed by atoms with Crippen molar-refractivity contribution in [1.29, 1.82) is 0 Å². The van der Waals surface area contributed by atoms with Crippen molar-refractivity contribution in [3.8, 4) is 0 Å². The molecule has 0 fully saturated rings. The molecule has 0 radical (unpaired) electrons. The van der Waals surface area contributed by atoms with Crippen LogP contribution in [-0.4, -0.2) is 32.3 Å². The number of nitrogens with one attached hydrogen (secondary N) is 2. The SMILES string of the molecule is Cc1cc(Br)c(NC(=O)CSc2nnc([C@@H](C)NC(=O)c3ccc(Cl)cc3Cl)n2C)cc1C. The van der Waals surface area contributed by atoms with E-state index in [1.165, 1.54) is 17.8 Å². The van der Waals surface area contributed by atoms with Crippen molar-refractivity contribution in [3.05, 3.63) is 67.4 Å². The number of aromatic nitrogens is 3. The number of halogens is 3. The van der Waals surface area contributed by atoms with Gasteiger partial charge >= 0.3 is 0 Å². The quantitative estimate of drug-likeness (QED) is 0.354. The average molecular weight is 571 g/mol. The number of benzene rings is 2. The van der Waals surface area contributed by atoms with Gasteiger partial charge in [0.05, 0.1) is 28.1 Å². The molecule has 0 bridgehead atoms. The van der Waals surface area contributed by atoms with Crippen LogP contribution in [0, 0.1) is 13.8 Å². The van der Waals surface area contributed by atoms with Gasteiger partial charge in [-0.3, -0.25) is 9.59 Å². The predicted octanol–water partition coefficient (Wildman–Crippen LogP) is 5.72. The number of carbonyl (C=O) groups excluding carboxylic acids is 2. The molecule has 3 rings (SSSR count). The lowest BCUT2D eigenvalue weighted by atomic mass is 10.1. The van der Waals surface area contributed by atoms with Crippen molar-refractivity contribution >= 4 is 68.4 Å². The number of hydrogen-bond acceptors (Lipinski definition) is 5. The van der Waals surface area contributed by atoms with Gasteiger partial charge in [-0.2, -0.15) is 0 Å². The number of amides is 2. The summed E-state index contributed by atoms with van der Waals surface area (Å²) in [6.07, 6.45) is 0. The van der Waals surface area contributed by atoms with Crippen LogP contribution >= 0.6 is 50.9 Å². The Morgan fingerprint density at radius 2 is 1.85 bits per heavy atom. The fraction of sp³-hybridized carbons (Fsp3) is 0.273. The van der Waals surface area contributed by atoms with Crippen LogP contribution in [0.3, 0.4) is 0 Å². The maximum absolute atomic E-state index is 12.6. The highest BCUT2D eigenvalue weighted by atomic mass is 79.9. The molecule has 7 nitrogen and oxygen atoms in total. The van der Waals surface area contributed by atoms with Gasteiger partial charge < -0.3 is 15.2 Å². The molecule has 0 aliphatic heterocycles. The molecule has 2 aromatic carbocycles. The second-order valence-corrected chi connectivity index (χ2v) is 10.1. The Labute approximate surface area is 214 Å². The molecule has 33 heavy (non-hydrogen) atoms. The van der Waals surface area contributed by atoms with Gasteiger partial charge in [-0.05, 0) is 78.2 Å². The van der Waals surface area contributed by atoms with Crippen LogP contribution in [0.25, 0.3) is 0 Å². The number of anilines is 1. The summed E-state index contributed by atoms with van der Waals surface area (Å²) in [4.78, 5) is 25.0. The Morgan fingerprint density at radius 3 is 2.55 bits per heavy atom. The third-order valence-corrected chi connectivity index (χ3v) is 7.19. The van der Waals surface area contributed by atoms with Gasteiger partial charge in [-0.1, -0.05) is 35.0 Å². The van der Waals surface area contributed by atoms with Gasteiger partial charge in [-0.25, -0.2) is 0 Å². The lowest BCUT2D eigenvalue weighted by molar-refractivity contribution is -0.113. The van der Waals surface area contributed by atoms with Crippen molar-refractivity contribution in [2.24, 2.45) is 7.05 Å². The summed E-state index contributed by atoms with van der Waals surface area (Å²) in [6, 6.07) is 8.15. The van der Waals surface area contributed by atoms with Gasteiger partial charge in [0.1, 0.15) is 0 Å².